The Morgan fingerprint density at radius 1 is 1.47 bits per heavy atom. The predicted molar refractivity (Wildman–Crippen MR) is 67.0 cm³/mol. The molecule has 17 heavy (non-hydrogen) atoms. The third-order valence-electron chi connectivity index (χ3n) is 2.28. The van der Waals surface area contributed by atoms with Crippen molar-refractivity contribution in [3.63, 3.8) is 0 Å². The highest BCUT2D eigenvalue weighted by molar-refractivity contribution is 7.89. The number of hydrogen-bond acceptors (Lipinski definition) is 3. The van der Waals surface area contributed by atoms with Crippen molar-refractivity contribution in [1.29, 1.82) is 0 Å². The van der Waals surface area contributed by atoms with Crippen LogP contribution in [0.1, 0.15) is 12.5 Å². The number of rotatable bonds is 5. The fourth-order valence-corrected chi connectivity index (χ4v) is 2.75. The van der Waals surface area contributed by atoms with E-state index in [9.17, 15) is 8.42 Å². The first-order valence-electron chi connectivity index (χ1n) is 5.18. The van der Waals surface area contributed by atoms with Gasteiger partial charge in [0, 0.05) is 13.6 Å². The van der Waals surface area contributed by atoms with E-state index in [0.717, 1.165) is 5.57 Å². The summed E-state index contributed by atoms with van der Waals surface area (Å²) in [6, 6.07) is 6.29. The molecular formula is C12H17NO3S. The van der Waals surface area contributed by atoms with E-state index in [1.807, 2.05) is 0 Å². The summed E-state index contributed by atoms with van der Waals surface area (Å²) in [6.45, 7) is 5.57. The van der Waals surface area contributed by atoms with Crippen molar-refractivity contribution in [2.75, 3.05) is 13.6 Å². The predicted octanol–water partition coefficient (Wildman–Crippen LogP) is 1.38. The maximum Gasteiger partial charge on any atom is 0.243 e. The van der Waals surface area contributed by atoms with Gasteiger partial charge in [0.25, 0.3) is 0 Å². The third kappa shape index (κ3) is 3.39. The van der Waals surface area contributed by atoms with Gasteiger partial charge < -0.3 is 5.11 Å². The Bertz CT molecular complexity index is 508. The van der Waals surface area contributed by atoms with Gasteiger partial charge in [0.2, 0.25) is 10.0 Å². The topological polar surface area (TPSA) is 57.6 Å². The first kappa shape index (κ1) is 13.9. The zero-order valence-corrected chi connectivity index (χ0v) is 10.9. The maximum absolute atomic E-state index is 12.1. The van der Waals surface area contributed by atoms with Crippen LogP contribution < -0.4 is 0 Å². The van der Waals surface area contributed by atoms with E-state index in [4.69, 9.17) is 5.11 Å². The molecule has 0 aliphatic rings. The molecule has 4 nitrogen and oxygen atoms in total. The molecule has 0 atom stereocenters. The molecule has 0 heterocycles. The average molecular weight is 255 g/mol. The number of benzene rings is 1. The molecule has 5 heteroatoms. The van der Waals surface area contributed by atoms with Gasteiger partial charge in [-0.05, 0) is 24.6 Å². The van der Waals surface area contributed by atoms with Crippen molar-refractivity contribution in [3.05, 3.63) is 42.0 Å². The third-order valence-corrected chi connectivity index (χ3v) is 4.08. The molecule has 1 N–H and O–H groups in total. The summed E-state index contributed by atoms with van der Waals surface area (Å²) in [4.78, 5) is 0.188. The SMILES string of the molecule is C=C(C)CN(C)S(=O)(=O)c1cccc(CO)c1. The molecule has 0 spiro atoms. The van der Waals surface area contributed by atoms with Crippen molar-refractivity contribution in [3.8, 4) is 0 Å². The largest absolute Gasteiger partial charge is 0.392 e. The Morgan fingerprint density at radius 3 is 2.65 bits per heavy atom. The summed E-state index contributed by atoms with van der Waals surface area (Å²) in [6.07, 6.45) is 0. The fraction of sp³-hybridized carbons (Fsp3) is 0.333. The summed E-state index contributed by atoms with van der Waals surface area (Å²) in [7, 11) is -2.00. The summed E-state index contributed by atoms with van der Waals surface area (Å²) in [5.74, 6) is 0. The van der Waals surface area contributed by atoms with E-state index in [1.54, 1.807) is 19.1 Å². The van der Waals surface area contributed by atoms with Gasteiger partial charge in [0.1, 0.15) is 0 Å². The molecule has 0 bridgehead atoms. The van der Waals surface area contributed by atoms with Crippen molar-refractivity contribution in [1.82, 2.24) is 4.31 Å². The zero-order chi connectivity index (χ0) is 13.1. The van der Waals surface area contributed by atoms with Crippen LogP contribution in [0.4, 0.5) is 0 Å². The normalized spacial score (nSPS) is 11.8. The quantitative estimate of drug-likeness (QED) is 0.809. The van der Waals surface area contributed by atoms with Crippen LogP contribution in [0.3, 0.4) is 0 Å². The molecule has 0 amide bonds. The fourth-order valence-electron chi connectivity index (χ4n) is 1.45. The van der Waals surface area contributed by atoms with Crippen LogP contribution in [0.5, 0.6) is 0 Å². The number of likely N-dealkylation sites (N-methyl/N-ethyl adjacent to an activating group) is 1. The highest BCUT2D eigenvalue weighted by Crippen LogP contribution is 2.16. The number of aliphatic hydroxyl groups is 1. The lowest BCUT2D eigenvalue weighted by atomic mass is 10.2. The molecule has 1 aromatic carbocycles. The van der Waals surface area contributed by atoms with Crippen molar-refractivity contribution in [2.45, 2.75) is 18.4 Å². The lowest BCUT2D eigenvalue weighted by Gasteiger charge is -2.17. The monoisotopic (exact) mass is 255 g/mol. The van der Waals surface area contributed by atoms with Gasteiger partial charge in [-0.3, -0.25) is 0 Å². The van der Waals surface area contributed by atoms with Gasteiger partial charge in [-0.25, -0.2) is 8.42 Å². The van der Waals surface area contributed by atoms with Gasteiger partial charge >= 0.3 is 0 Å². The first-order chi connectivity index (χ1) is 7.87. The molecule has 0 saturated heterocycles. The van der Waals surface area contributed by atoms with E-state index in [1.165, 1.54) is 23.5 Å². The van der Waals surface area contributed by atoms with E-state index in [0.29, 0.717) is 5.56 Å². The standard InChI is InChI=1S/C12H17NO3S/c1-10(2)8-13(3)17(15,16)12-6-4-5-11(7-12)9-14/h4-7,14H,1,8-9H2,2-3H3. The maximum atomic E-state index is 12.1. The Labute approximate surface area is 102 Å². The van der Waals surface area contributed by atoms with Crippen LogP contribution in [-0.4, -0.2) is 31.4 Å². The van der Waals surface area contributed by atoms with Crippen molar-refractivity contribution < 1.29 is 13.5 Å². The summed E-state index contributed by atoms with van der Waals surface area (Å²) < 4.78 is 25.5. The molecule has 94 valence electrons. The number of hydrogen-bond donors (Lipinski definition) is 1. The summed E-state index contributed by atoms with van der Waals surface area (Å²) in [5, 5.41) is 8.99. The summed E-state index contributed by atoms with van der Waals surface area (Å²) >= 11 is 0. The second kappa shape index (κ2) is 5.44. The van der Waals surface area contributed by atoms with Crippen LogP contribution in [0, 0.1) is 0 Å². The van der Waals surface area contributed by atoms with E-state index < -0.39 is 10.0 Å². The van der Waals surface area contributed by atoms with Gasteiger partial charge in [0.15, 0.2) is 0 Å². The lowest BCUT2D eigenvalue weighted by molar-refractivity contribution is 0.281. The minimum Gasteiger partial charge on any atom is -0.392 e. The van der Waals surface area contributed by atoms with Gasteiger partial charge in [-0.2, -0.15) is 4.31 Å². The van der Waals surface area contributed by atoms with Crippen LogP contribution in [0.25, 0.3) is 0 Å². The molecule has 1 aromatic rings. The summed E-state index contributed by atoms with van der Waals surface area (Å²) in [5.41, 5.74) is 1.35. The second-order valence-electron chi connectivity index (χ2n) is 4.02. The van der Waals surface area contributed by atoms with Gasteiger partial charge in [-0.1, -0.05) is 24.3 Å². The number of aliphatic hydroxyl groups excluding tert-OH is 1. The highest BCUT2D eigenvalue weighted by Gasteiger charge is 2.20. The molecule has 1 rings (SSSR count). The number of sulfonamides is 1. The molecule has 0 aliphatic heterocycles. The second-order valence-corrected chi connectivity index (χ2v) is 6.07. The first-order valence-corrected chi connectivity index (χ1v) is 6.62. The van der Waals surface area contributed by atoms with Crippen molar-refractivity contribution >= 4 is 10.0 Å². The molecule has 0 fully saturated rings. The van der Waals surface area contributed by atoms with E-state index in [-0.39, 0.29) is 18.0 Å². The van der Waals surface area contributed by atoms with Crippen molar-refractivity contribution in [2.24, 2.45) is 0 Å². The zero-order valence-electron chi connectivity index (χ0n) is 10.0. The molecule has 0 aliphatic carbocycles. The Kier molecular flexibility index (Phi) is 4.45. The molecule has 0 aromatic heterocycles. The Balaban J connectivity index is 3.08. The Hall–Kier alpha value is -1.17. The molecule has 0 radical (unpaired) electrons. The minimum atomic E-state index is -3.51. The van der Waals surface area contributed by atoms with Crippen LogP contribution in [0.2, 0.25) is 0 Å². The lowest BCUT2D eigenvalue weighted by Crippen LogP contribution is -2.28. The van der Waals surface area contributed by atoms with Gasteiger partial charge in [-0.15, -0.1) is 0 Å². The van der Waals surface area contributed by atoms with E-state index >= 15 is 0 Å². The molecule has 0 unspecified atom stereocenters. The molecule has 0 saturated carbocycles. The van der Waals surface area contributed by atoms with Gasteiger partial charge in [0.05, 0.1) is 11.5 Å². The van der Waals surface area contributed by atoms with E-state index in [2.05, 4.69) is 6.58 Å². The Morgan fingerprint density at radius 2 is 2.12 bits per heavy atom. The van der Waals surface area contributed by atoms with Crippen LogP contribution in [0.15, 0.2) is 41.3 Å². The molecular weight excluding hydrogens is 238 g/mol. The average Bonchev–Trinajstić information content (AvgIpc) is 2.28. The highest BCUT2D eigenvalue weighted by atomic mass is 32.2. The van der Waals surface area contributed by atoms with Crippen LogP contribution in [-0.2, 0) is 16.6 Å². The smallest absolute Gasteiger partial charge is 0.243 e. The van der Waals surface area contributed by atoms with Crippen LogP contribution >= 0.6 is 0 Å². The number of nitrogens with zero attached hydrogens (tertiary/aromatic N) is 1. The minimum absolute atomic E-state index is 0.173.